The van der Waals surface area contributed by atoms with Gasteiger partial charge in [-0.25, -0.2) is 0 Å². The van der Waals surface area contributed by atoms with Crippen LogP contribution in [0, 0.1) is 5.41 Å². The predicted molar refractivity (Wildman–Crippen MR) is 64.8 cm³/mol. The van der Waals surface area contributed by atoms with Crippen molar-refractivity contribution in [2.75, 3.05) is 0 Å². The molecule has 2 nitrogen and oxygen atoms in total. The molecular formula is C14H18O2. The van der Waals surface area contributed by atoms with Gasteiger partial charge in [-0.2, -0.15) is 0 Å². The Morgan fingerprint density at radius 1 is 1.38 bits per heavy atom. The van der Waals surface area contributed by atoms with Gasteiger partial charge < -0.3 is 4.74 Å². The summed E-state index contributed by atoms with van der Waals surface area (Å²) in [7, 11) is 0. The highest BCUT2D eigenvalue weighted by atomic mass is 16.5. The number of esters is 1. The number of carbonyl (C=O) groups is 1. The van der Waals surface area contributed by atoms with Crippen molar-refractivity contribution in [2.45, 2.75) is 26.9 Å². The molecule has 0 saturated carbocycles. The van der Waals surface area contributed by atoms with Crippen molar-refractivity contribution >= 4 is 5.97 Å². The minimum absolute atomic E-state index is 0.186. The molecule has 0 N–H and O–H groups in total. The second-order valence-electron chi connectivity index (χ2n) is 4.52. The van der Waals surface area contributed by atoms with Gasteiger partial charge in [-0.1, -0.05) is 50.3 Å². The minimum Gasteiger partial charge on any atom is -0.461 e. The molecule has 0 radical (unpaired) electrons. The number of benzene rings is 1. The molecule has 1 rings (SSSR count). The molecule has 0 fully saturated rings. The standard InChI is InChI=1S/C14H18O2/c1-4-14(2,3)10-13(15)16-11-12-8-6-5-7-9-12/h4-9H,1,10-11H2,2-3H3. The van der Waals surface area contributed by atoms with Gasteiger partial charge in [0.25, 0.3) is 0 Å². The summed E-state index contributed by atoms with van der Waals surface area (Å²) in [4.78, 5) is 11.5. The summed E-state index contributed by atoms with van der Waals surface area (Å²) in [5.74, 6) is -0.186. The van der Waals surface area contributed by atoms with Gasteiger partial charge >= 0.3 is 5.97 Å². The van der Waals surface area contributed by atoms with Crippen LogP contribution >= 0.6 is 0 Å². The molecule has 0 unspecified atom stereocenters. The van der Waals surface area contributed by atoms with E-state index in [0.29, 0.717) is 13.0 Å². The molecule has 16 heavy (non-hydrogen) atoms. The second-order valence-corrected chi connectivity index (χ2v) is 4.52. The SMILES string of the molecule is C=CC(C)(C)CC(=O)OCc1ccccc1. The van der Waals surface area contributed by atoms with Crippen LogP contribution < -0.4 is 0 Å². The van der Waals surface area contributed by atoms with E-state index in [0.717, 1.165) is 5.56 Å². The van der Waals surface area contributed by atoms with Crippen LogP contribution in [0.4, 0.5) is 0 Å². The second kappa shape index (κ2) is 5.50. The lowest BCUT2D eigenvalue weighted by Crippen LogP contribution is -2.16. The van der Waals surface area contributed by atoms with E-state index < -0.39 is 0 Å². The molecule has 1 aromatic rings. The third-order valence-electron chi connectivity index (χ3n) is 2.40. The van der Waals surface area contributed by atoms with Crippen LogP contribution in [0.25, 0.3) is 0 Å². The number of ether oxygens (including phenoxy) is 1. The zero-order valence-electron chi connectivity index (χ0n) is 9.90. The molecule has 0 heterocycles. The van der Waals surface area contributed by atoms with Crippen LogP contribution in [0.15, 0.2) is 43.0 Å². The summed E-state index contributed by atoms with van der Waals surface area (Å²) in [6.45, 7) is 7.96. The highest BCUT2D eigenvalue weighted by Gasteiger charge is 2.18. The molecule has 0 aliphatic carbocycles. The van der Waals surface area contributed by atoms with Gasteiger partial charge in [0.05, 0.1) is 6.42 Å². The number of allylic oxidation sites excluding steroid dienone is 1. The Morgan fingerprint density at radius 2 is 2.00 bits per heavy atom. The maximum atomic E-state index is 11.5. The van der Waals surface area contributed by atoms with Gasteiger partial charge in [0.2, 0.25) is 0 Å². The van der Waals surface area contributed by atoms with Crippen molar-refractivity contribution in [3.8, 4) is 0 Å². The Bertz CT molecular complexity index is 352. The number of hydrogen-bond acceptors (Lipinski definition) is 2. The Morgan fingerprint density at radius 3 is 2.56 bits per heavy atom. The number of hydrogen-bond donors (Lipinski definition) is 0. The zero-order chi connectivity index (χ0) is 12.0. The molecule has 86 valence electrons. The van der Waals surface area contributed by atoms with Crippen LogP contribution in [0.5, 0.6) is 0 Å². The van der Waals surface area contributed by atoms with Gasteiger partial charge in [0, 0.05) is 0 Å². The molecule has 1 aromatic carbocycles. The van der Waals surface area contributed by atoms with Gasteiger partial charge in [-0.3, -0.25) is 4.79 Å². The van der Waals surface area contributed by atoms with Crippen LogP contribution in [0.3, 0.4) is 0 Å². The fourth-order valence-corrected chi connectivity index (χ4v) is 1.23. The van der Waals surface area contributed by atoms with Crippen LogP contribution in [-0.4, -0.2) is 5.97 Å². The number of carbonyl (C=O) groups excluding carboxylic acids is 1. The first-order valence-corrected chi connectivity index (χ1v) is 5.37. The van der Waals surface area contributed by atoms with E-state index in [2.05, 4.69) is 6.58 Å². The highest BCUT2D eigenvalue weighted by molar-refractivity contribution is 5.70. The first-order valence-electron chi connectivity index (χ1n) is 5.37. The predicted octanol–water partition coefficient (Wildman–Crippen LogP) is 3.33. The first-order chi connectivity index (χ1) is 7.53. The summed E-state index contributed by atoms with van der Waals surface area (Å²) in [6, 6.07) is 9.66. The Labute approximate surface area is 96.9 Å². The lowest BCUT2D eigenvalue weighted by Gasteiger charge is -2.18. The molecule has 0 aliphatic heterocycles. The van der Waals surface area contributed by atoms with E-state index in [-0.39, 0.29) is 11.4 Å². The van der Waals surface area contributed by atoms with Crippen molar-refractivity contribution < 1.29 is 9.53 Å². The average molecular weight is 218 g/mol. The van der Waals surface area contributed by atoms with Gasteiger partial charge in [0.15, 0.2) is 0 Å². The first kappa shape index (κ1) is 12.5. The van der Waals surface area contributed by atoms with Gasteiger partial charge in [0.1, 0.15) is 6.61 Å². The monoisotopic (exact) mass is 218 g/mol. The Balaban J connectivity index is 2.39. The summed E-state index contributed by atoms with van der Waals surface area (Å²) in [5.41, 5.74) is 0.806. The summed E-state index contributed by atoms with van der Waals surface area (Å²) in [5, 5.41) is 0. The molecule has 0 bridgehead atoms. The van der Waals surface area contributed by atoms with Gasteiger partial charge in [-0.15, -0.1) is 6.58 Å². The molecule has 0 saturated heterocycles. The average Bonchev–Trinajstić information content (AvgIpc) is 2.27. The van der Waals surface area contributed by atoms with Crippen molar-refractivity contribution in [1.29, 1.82) is 0 Å². The maximum Gasteiger partial charge on any atom is 0.306 e. The van der Waals surface area contributed by atoms with Gasteiger partial charge in [-0.05, 0) is 11.0 Å². The zero-order valence-corrected chi connectivity index (χ0v) is 9.90. The van der Waals surface area contributed by atoms with Crippen molar-refractivity contribution in [3.05, 3.63) is 48.6 Å². The molecule has 0 spiro atoms. The number of rotatable bonds is 5. The fraction of sp³-hybridized carbons (Fsp3) is 0.357. The van der Waals surface area contributed by atoms with Crippen molar-refractivity contribution in [1.82, 2.24) is 0 Å². The molecule has 0 aliphatic rings. The highest BCUT2D eigenvalue weighted by Crippen LogP contribution is 2.21. The topological polar surface area (TPSA) is 26.3 Å². The minimum atomic E-state index is -0.201. The lowest BCUT2D eigenvalue weighted by atomic mass is 9.90. The van der Waals surface area contributed by atoms with Crippen molar-refractivity contribution in [3.63, 3.8) is 0 Å². The fourth-order valence-electron chi connectivity index (χ4n) is 1.23. The van der Waals surface area contributed by atoms with E-state index in [1.54, 1.807) is 6.08 Å². The molecule has 0 atom stereocenters. The lowest BCUT2D eigenvalue weighted by molar-refractivity contribution is -0.146. The maximum absolute atomic E-state index is 11.5. The largest absolute Gasteiger partial charge is 0.461 e. The normalized spacial score (nSPS) is 10.9. The molecular weight excluding hydrogens is 200 g/mol. The molecule has 0 aromatic heterocycles. The van der Waals surface area contributed by atoms with E-state index >= 15 is 0 Å². The quantitative estimate of drug-likeness (QED) is 0.559. The smallest absolute Gasteiger partial charge is 0.306 e. The van der Waals surface area contributed by atoms with E-state index in [1.807, 2.05) is 44.2 Å². The molecule has 0 amide bonds. The van der Waals surface area contributed by atoms with E-state index in [9.17, 15) is 4.79 Å². The summed E-state index contributed by atoms with van der Waals surface area (Å²) < 4.78 is 5.18. The summed E-state index contributed by atoms with van der Waals surface area (Å²) in [6.07, 6.45) is 2.14. The van der Waals surface area contributed by atoms with Crippen LogP contribution in [-0.2, 0) is 16.1 Å². The van der Waals surface area contributed by atoms with Crippen LogP contribution in [0.2, 0.25) is 0 Å². The Hall–Kier alpha value is -1.57. The third kappa shape index (κ3) is 4.30. The van der Waals surface area contributed by atoms with E-state index in [4.69, 9.17) is 4.74 Å². The molecule has 2 heteroatoms. The summed E-state index contributed by atoms with van der Waals surface area (Å²) >= 11 is 0. The Kier molecular flexibility index (Phi) is 4.29. The van der Waals surface area contributed by atoms with Crippen molar-refractivity contribution in [2.24, 2.45) is 5.41 Å². The van der Waals surface area contributed by atoms with E-state index in [1.165, 1.54) is 0 Å². The third-order valence-corrected chi connectivity index (χ3v) is 2.40. The van der Waals surface area contributed by atoms with Crippen LogP contribution in [0.1, 0.15) is 25.8 Å².